The highest BCUT2D eigenvalue weighted by Crippen LogP contribution is 2.32. The predicted octanol–water partition coefficient (Wildman–Crippen LogP) is 1.79. The number of aromatic amines is 1. The van der Waals surface area contributed by atoms with Crippen LogP contribution in [0, 0.1) is 5.92 Å². The van der Waals surface area contributed by atoms with Crippen molar-refractivity contribution in [2.75, 3.05) is 19.6 Å². The number of aromatic nitrogens is 2. The van der Waals surface area contributed by atoms with Crippen molar-refractivity contribution in [1.29, 1.82) is 0 Å². The first-order valence-electron chi connectivity index (χ1n) is 7.81. The van der Waals surface area contributed by atoms with Gasteiger partial charge in [0.2, 0.25) is 0 Å². The summed E-state index contributed by atoms with van der Waals surface area (Å²) >= 11 is 0. The summed E-state index contributed by atoms with van der Waals surface area (Å²) in [4.78, 5) is 14.5. The number of nitrogens with one attached hydrogen (secondary N) is 1. The van der Waals surface area contributed by atoms with Crippen LogP contribution in [0.2, 0.25) is 0 Å². The highest BCUT2D eigenvalue weighted by atomic mass is 16.2. The molecule has 0 aliphatic carbocycles. The number of hydrogen-bond donors (Lipinski definition) is 2. The Hall–Kier alpha value is -2.14. The van der Waals surface area contributed by atoms with Gasteiger partial charge in [0, 0.05) is 24.7 Å². The maximum Gasteiger partial charge on any atom is 0.274 e. The van der Waals surface area contributed by atoms with Crippen molar-refractivity contribution >= 4 is 5.91 Å². The van der Waals surface area contributed by atoms with Crippen LogP contribution in [0.1, 0.15) is 34.6 Å². The van der Waals surface area contributed by atoms with Gasteiger partial charge in [-0.05, 0) is 30.5 Å². The minimum atomic E-state index is -0.00664. The van der Waals surface area contributed by atoms with E-state index in [1.807, 2.05) is 36.1 Å². The average molecular weight is 298 g/mol. The largest absolute Gasteiger partial charge is 0.336 e. The average Bonchev–Trinajstić information content (AvgIpc) is 3.21. The third-order valence-electron chi connectivity index (χ3n) is 4.49. The second kappa shape index (κ2) is 6.32. The molecule has 5 heteroatoms. The van der Waals surface area contributed by atoms with E-state index in [0.717, 1.165) is 12.1 Å². The zero-order valence-electron chi connectivity index (χ0n) is 12.8. The molecule has 2 aromatic rings. The molecule has 0 saturated carbocycles. The number of hydrogen-bond acceptors (Lipinski definition) is 3. The Bertz CT molecular complexity index is 637. The van der Waals surface area contributed by atoms with E-state index in [2.05, 4.69) is 22.3 Å². The molecule has 116 valence electrons. The van der Waals surface area contributed by atoms with Crippen molar-refractivity contribution < 1.29 is 4.79 Å². The number of nitrogens with zero attached hydrogens (tertiary/aromatic N) is 2. The van der Waals surface area contributed by atoms with Crippen molar-refractivity contribution in [3.05, 3.63) is 53.3 Å². The first-order valence-corrected chi connectivity index (χ1v) is 7.81. The number of H-pyrrole nitrogens is 1. The second-order valence-corrected chi connectivity index (χ2v) is 5.86. The molecule has 2 atom stereocenters. The van der Waals surface area contributed by atoms with Gasteiger partial charge in [-0.1, -0.05) is 37.3 Å². The number of nitrogens with two attached hydrogens (primary N) is 1. The van der Waals surface area contributed by atoms with Crippen LogP contribution in [0.25, 0.3) is 0 Å². The zero-order chi connectivity index (χ0) is 15.5. The van der Waals surface area contributed by atoms with Crippen LogP contribution in [-0.4, -0.2) is 40.6 Å². The molecule has 0 radical (unpaired) electrons. The van der Waals surface area contributed by atoms with Gasteiger partial charge in [0.05, 0.1) is 0 Å². The SMILES string of the molecule is CCc1cc(C(=O)N2C[C@@H](CN)[C@H](c3ccccc3)C2)n[nH]1. The lowest BCUT2D eigenvalue weighted by Crippen LogP contribution is -2.30. The van der Waals surface area contributed by atoms with Crippen LogP contribution in [0.3, 0.4) is 0 Å². The summed E-state index contributed by atoms with van der Waals surface area (Å²) in [5, 5.41) is 7.04. The summed E-state index contributed by atoms with van der Waals surface area (Å²) < 4.78 is 0. The van der Waals surface area contributed by atoms with Crippen molar-refractivity contribution in [3.63, 3.8) is 0 Å². The fourth-order valence-electron chi connectivity index (χ4n) is 3.17. The molecule has 1 aromatic carbocycles. The number of carbonyl (C=O) groups is 1. The first-order chi connectivity index (χ1) is 10.7. The quantitative estimate of drug-likeness (QED) is 0.903. The normalized spacial score (nSPS) is 21.3. The Balaban J connectivity index is 1.77. The number of rotatable bonds is 4. The van der Waals surface area contributed by atoms with E-state index in [0.29, 0.717) is 37.2 Å². The van der Waals surface area contributed by atoms with E-state index < -0.39 is 0 Å². The second-order valence-electron chi connectivity index (χ2n) is 5.86. The Kier molecular flexibility index (Phi) is 4.24. The molecule has 0 bridgehead atoms. The molecule has 1 aliphatic heterocycles. The van der Waals surface area contributed by atoms with Crippen molar-refractivity contribution in [1.82, 2.24) is 15.1 Å². The van der Waals surface area contributed by atoms with Crippen LogP contribution in [0.4, 0.5) is 0 Å². The Morgan fingerprint density at radius 3 is 2.77 bits per heavy atom. The van der Waals surface area contributed by atoms with Crippen molar-refractivity contribution in [2.45, 2.75) is 19.3 Å². The van der Waals surface area contributed by atoms with Gasteiger partial charge in [0.25, 0.3) is 5.91 Å². The van der Waals surface area contributed by atoms with Gasteiger partial charge in [0.1, 0.15) is 5.69 Å². The van der Waals surface area contributed by atoms with Crippen LogP contribution in [0.5, 0.6) is 0 Å². The van der Waals surface area contributed by atoms with E-state index in [4.69, 9.17) is 5.73 Å². The number of benzene rings is 1. The molecule has 2 heterocycles. The van der Waals surface area contributed by atoms with Gasteiger partial charge >= 0.3 is 0 Å². The number of likely N-dealkylation sites (tertiary alicyclic amines) is 1. The molecule has 22 heavy (non-hydrogen) atoms. The molecule has 1 aliphatic rings. The fourth-order valence-corrected chi connectivity index (χ4v) is 3.17. The fraction of sp³-hybridized carbons (Fsp3) is 0.412. The van der Waals surface area contributed by atoms with Crippen LogP contribution >= 0.6 is 0 Å². The first kappa shape index (κ1) is 14.8. The van der Waals surface area contributed by atoms with E-state index in [1.165, 1.54) is 5.56 Å². The van der Waals surface area contributed by atoms with Gasteiger partial charge < -0.3 is 10.6 Å². The molecule has 3 N–H and O–H groups in total. The lowest BCUT2D eigenvalue weighted by atomic mass is 9.89. The van der Waals surface area contributed by atoms with Crippen molar-refractivity contribution in [2.24, 2.45) is 11.7 Å². The zero-order valence-corrected chi connectivity index (χ0v) is 12.8. The minimum absolute atomic E-state index is 0.00664. The summed E-state index contributed by atoms with van der Waals surface area (Å²) in [6.45, 7) is 4.03. The van der Waals surface area contributed by atoms with Gasteiger partial charge in [0.15, 0.2) is 0 Å². The number of amides is 1. The summed E-state index contributed by atoms with van der Waals surface area (Å²) in [5.41, 5.74) is 8.67. The third-order valence-corrected chi connectivity index (χ3v) is 4.49. The molecule has 1 aromatic heterocycles. The maximum atomic E-state index is 12.6. The number of carbonyl (C=O) groups excluding carboxylic acids is 1. The summed E-state index contributed by atoms with van der Waals surface area (Å²) in [7, 11) is 0. The van der Waals surface area contributed by atoms with Crippen LogP contribution in [0.15, 0.2) is 36.4 Å². The molecule has 0 unspecified atom stereocenters. The van der Waals surface area contributed by atoms with Gasteiger partial charge in [-0.3, -0.25) is 9.89 Å². The molecular formula is C17H22N4O. The molecule has 1 fully saturated rings. The number of aryl methyl sites for hydroxylation is 1. The van der Waals surface area contributed by atoms with Gasteiger partial charge in [-0.2, -0.15) is 5.10 Å². The molecule has 0 spiro atoms. The van der Waals surface area contributed by atoms with Crippen molar-refractivity contribution in [3.8, 4) is 0 Å². The monoisotopic (exact) mass is 298 g/mol. The van der Waals surface area contributed by atoms with Crippen LogP contribution < -0.4 is 5.73 Å². The van der Waals surface area contributed by atoms with E-state index in [9.17, 15) is 4.79 Å². The standard InChI is InChI=1S/C17H22N4O/c1-2-14-8-16(20-19-14)17(22)21-10-13(9-18)15(11-21)12-6-4-3-5-7-12/h3-8,13,15H,2,9-11,18H2,1H3,(H,19,20)/t13-,15+/m1/s1. The van der Waals surface area contributed by atoms with E-state index >= 15 is 0 Å². The summed E-state index contributed by atoms with van der Waals surface area (Å²) in [6.07, 6.45) is 0.846. The molecule has 5 nitrogen and oxygen atoms in total. The Morgan fingerprint density at radius 2 is 2.14 bits per heavy atom. The van der Waals surface area contributed by atoms with E-state index in [1.54, 1.807) is 0 Å². The molecule has 3 rings (SSSR count). The Labute approximate surface area is 130 Å². The molecule has 1 amide bonds. The third kappa shape index (κ3) is 2.76. The smallest absolute Gasteiger partial charge is 0.274 e. The molecule has 1 saturated heterocycles. The lowest BCUT2D eigenvalue weighted by Gasteiger charge is -2.16. The summed E-state index contributed by atoms with van der Waals surface area (Å²) in [6, 6.07) is 12.2. The predicted molar refractivity (Wildman–Crippen MR) is 85.6 cm³/mol. The topological polar surface area (TPSA) is 75.0 Å². The maximum absolute atomic E-state index is 12.6. The highest BCUT2D eigenvalue weighted by Gasteiger charge is 2.36. The van der Waals surface area contributed by atoms with Gasteiger partial charge in [-0.15, -0.1) is 0 Å². The lowest BCUT2D eigenvalue weighted by molar-refractivity contribution is 0.0780. The Morgan fingerprint density at radius 1 is 1.36 bits per heavy atom. The summed E-state index contributed by atoms with van der Waals surface area (Å²) in [5.74, 6) is 0.600. The van der Waals surface area contributed by atoms with Gasteiger partial charge in [-0.25, -0.2) is 0 Å². The van der Waals surface area contributed by atoms with Crippen LogP contribution in [-0.2, 0) is 6.42 Å². The molecular weight excluding hydrogens is 276 g/mol. The van der Waals surface area contributed by atoms with E-state index in [-0.39, 0.29) is 5.91 Å². The highest BCUT2D eigenvalue weighted by molar-refractivity contribution is 5.92. The minimum Gasteiger partial charge on any atom is -0.336 e.